The molecule has 24 heavy (non-hydrogen) atoms. The molecule has 0 aliphatic rings. The van der Waals surface area contributed by atoms with Gasteiger partial charge in [-0.3, -0.25) is 0 Å². The molecule has 2 rings (SSSR count). The number of carboxylic acid groups (broad SMARTS) is 1. The average molecular weight is 324 g/mol. The zero-order valence-electron chi connectivity index (χ0n) is 13.7. The molecule has 4 heteroatoms. The Labute approximate surface area is 141 Å². The van der Waals surface area contributed by atoms with Crippen molar-refractivity contribution in [3.8, 4) is 11.5 Å². The Kier molecular flexibility index (Phi) is 5.42. The molecule has 2 aromatic rings. The number of hydrogen-bond acceptors (Lipinski definition) is 3. The second-order valence-electron chi connectivity index (χ2n) is 5.72. The van der Waals surface area contributed by atoms with Crippen LogP contribution in [0.3, 0.4) is 0 Å². The maximum Gasteiger partial charge on any atom is 0.340 e. The molecule has 0 saturated carbocycles. The molecule has 0 radical (unpaired) electrons. The number of carbonyl (C=O) groups is 1. The molecule has 0 aliphatic carbocycles. The minimum Gasteiger partial charge on any atom is -0.507 e. The van der Waals surface area contributed by atoms with Crippen LogP contribution in [0.4, 0.5) is 0 Å². The van der Waals surface area contributed by atoms with Crippen molar-refractivity contribution in [3.63, 3.8) is 0 Å². The summed E-state index contributed by atoms with van der Waals surface area (Å²) < 4.78 is 0. The van der Waals surface area contributed by atoms with Crippen molar-refractivity contribution in [2.24, 2.45) is 0 Å². The van der Waals surface area contributed by atoms with Crippen LogP contribution in [-0.2, 0) is 6.42 Å². The summed E-state index contributed by atoms with van der Waals surface area (Å²) in [5.74, 6) is -1.76. The van der Waals surface area contributed by atoms with Crippen molar-refractivity contribution in [2.75, 3.05) is 0 Å². The molecule has 0 bridgehead atoms. The van der Waals surface area contributed by atoms with E-state index < -0.39 is 11.7 Å². The Bertz CT molecular complexity index is 798. The van der Waals surface area contributed by atoms with Crippen molar-refractivity contribution >= 4 is 18.1 Å². The van der Waals surface area contributed by atoms with Gasteiger partial charge in [0, 0.05) is 5.56 Å². The third-order valence-corrected chi connectivity index (χ3v) is 3.60. The molecule has 0 saturated heterocycles. The highest BCUT2D eigenvalue weighted by atomic mass is 16.4. The van der Waals surface area contributed by atoms with Gasteiger partial charge in [-0.15, -0.1) is 0 Å². The van der Waals surface area contributed by atoms with Gasteiger partial charge in [-0.2, -0.15) is 0 Å². The van der Waals surface area contributed by atoms with E-state index in [1.807, 2.05) is 50.3 Å². The monoisotopic (exact) mass is 324 g/mol. The first-order chi connectivity index (χ1) is 11.4. The summed E-state index contributed by atoms with van der Waals surface area (Å²) in [7, 11) is 0. The average Bonchev–Trinajstić information content (AvgIpc) is 2.52. The highest BCUT2D eigenvalue weighted by Crippen LogP contribution is 2.35. The smallest absolute Gasteiger partial charge is 0.340 e. The fourth-order valence-electron chi connectivity index (χ4n) is 2.33. The number of aromatic carboxylic acids is 1. The SMILES string of the molecule is CC(C)=CCc1c(O)cc(C=Cc2ccccc2)c(C(=O)O)c1O. The van der Waals surface area contributed by atoms with Crippen LogP contribution < -0.4 is 0 Å². The first-order valence-corrected chi connectivity index (χ1v) is 7.57. The van der Waals surface area contributed by atoms with Crippen LogP contribution in [-0.4, -0.2) is 21.3 Å². The maximum absolute atomic E-state index is 11.6. The number of rotatable bonds is 5. The number of carboxylic acids is 1. The number of allylic oxidation sites excluding steroid dienone is 2. The molecule has 2 aromatic carbocycles. The maximum atomic E-state index is 11.6. The van der Waals surface area contributed by atoms with Crippen molar-refractivity contribution in [2.45, 2.75) is 20.3 Å². The van der Waals surface area contributed by atoms with Gasteiger partial charge in [0.1, 0.15) is 17.1 Å². The van der Waals surface area contributed by atoms with Crippen LogP contribution in [0.15, 0.2) is 48.0 Å². The summed E-state index contributed by atoms with van der Waals surface area (Å²) >= 11 is 0. The fourth-order valence-corrected chi connectivity index (χ4v) is 2.33. The predicted molar refractivity (Wildman–Crippen MR) is 95.2 cm³/mol. The molecule has 0 heterocycles. The van der Waals surface area contributed by atoms with E-state index in [1.54, 1.807) is 12.2 Å². The van der Waals surface area contributed by atoms with E-state index in [0.29, 0.717) is 0 Å². The number of aromatic hydroxyl groups is 2. The Hall–Kier alpha value is -3.01. The third-order valence-electron chi connectivity index (χ3n) is 3.60. The summed E-state index contributed by atoms with van der Waals surface area (Å²) in [6, 6.07) is 10.7. The fraction of sp³-hybridized carbons (Fsp3) is 0.150. The van der Waals surface area contributed by atoms with Crippen LogP contribution >= 0.6 is 0 Å². The molecule has 0 atom stereocenters. The molecule has 0 fully saturated rings. The van der Waals surface area contributed by atoms with E-state index in [1.165, 1.54) is 6.07 Å². The van der Waals surface area contributed by atoms with E-state index >= 15 is 0 Å². The van der Waals surface area contributed by atoms with E-state index in [-0.39, 0.29) is 28.9 Å². The van der Waals surface area contributed by atoms with E-state index in [2.05, 4.69) is 0 Å². The largest absolute Gasteiger partial charge is 0.507 e. The highest BCUT2D eigenvalue weighted by molar-refractivity contribution is 5.97. The molecule has 0 spiro atoms. The Morgan fingerprint density at radius 1 is 1.08 bits per heavy atom. The molecular formula is C20H20O4. The van der Waals surface area contributed by atoms with Gasteiger partial charge in [0.05, 0.1) is 0 Å². The molecular weight excluding hydrogens is 304 g/mol. The molecule has 0 amide bonds. The lowest BCUT2D eigenvalue weighted by Gasteiger charge is -2.11. The van der Waals surface area contributed by atoms with Crippen LogP contribution in [0.25, 0.3) is 12.2 Å². The Morgan fingerprint density at radius 2 is 1.75 bits per heavy atom. The Morgan fingerprint density at radius 3 is 2.33 bits per heavy atom. The minimum atomic E-state index is -1.24. The van der Waals surface area contributed by atoms with Crippen LogP contribution in [0.5, 0.6) is 11.5 Å². The summed E-state index contributed by atoms with van der Waals surface area (Å²) in [4.78, 5) is 11.6. The van der Waals surface area contributed by atoms with Crippen LogP contribution in [0.1, 0.15) is 40.9 Å². The first-order valence-electron chi connectivity index (χ1n) is 7.57. The lowest BCUT2D eigenvalue weighted by atomic mass is 9.97. The molecule has 0 aliphatic heterocycles. The third kappa shape index (κ3) is 4.04. The molecule has 0 aromatic heterocycles. The van der Waals surface area contributed by atoms with Gasteiger partial charge in [0.15, 0.2) is 0 Å². The standard InChI is InChI=1S/C20H20O4/c1-13(2)8-11-16-17(21)12-15(18(19(16)22)20(23)24)10-9-14-6-4-3-5-7-14/h3-10,12,21-22H,11H2,1-2H3,(H,23,24). The minimum absolute atomic E-state index is 0.122. The molecule has 0 unspecified atom stereocenters. The van der Waals surface area contributed by atoms with Crippen LogP contribution in [0.2, 0.25) is 0 Å². The number of benzene rings is 2. The van der Waals surface area contributed by atoms with Crippen molar-refractivity contribution < 1.29 is 20.1 Å². The van der Waals surface area contributed by atoms with Gasteiger partial charge in [0.2, 0.25) is 0 Å². The van der Waals surface area contributed by atoms with Gasteiger partial charge in [-0.25, -0.2) is 4.79 Å². The predicted octanol–water partition coefficient (Wildman–Crippen LogP) is 4.48. The zero-order valence-corrected chi connectivity index (χ0v) is 13.7. The second-order valence-corrected chi connectivity index (χ2v) is 5.72. The molecule has 3 N–H and O–H groups in total. The van der Waals surface area contributed by atoms with Gasteiger partial charge < -0.3 is 15.3 Å². The van der Waals surface area contributed by atoms with Gasteiger partial charge in [-0.05, 0) is 37.5 Å². The van der Waals surface area contributed by atoms with E-state index in [4.69, 9.17) is 0 Å². The number of phenolic OH excluding ortho intramolecular Hbond substituents is 1. The second kappa shape index (κ2) is 7.51. The first kappa shape index (κ1) is 17.3. The van der Waals surface area contributed by atoms with Gasteiger partial charge in [-0.1, -0.05) is 54.1 Å². The summed E-state index contributed by atoms with van der Waals surface area (Å²) in [6.45, 7) is 3.78. The summed E-state index contributed by atoms with van der Waals surface area (Å²) in [5.41, 5.74) is 2.16. The molecule has 4 nitrogen and oxygen atoms in total. The van der Waals surface area contributed by atoms with Crippen LogP contribution in [0, 0.1) is 0 Å². The Balaban J connectivity index is 2.51. The molecule has 124 valence electrons. The topological polar surface area (TPSA) is 77.8 Å². The zero-order chi connectivity index (χ0) is 17.7. The van der Waals surface area contributed by atoms with Gasteiger partial charge >= 0.3 is 5.97 Å². The van der Waals surface area contributed by atoms with Gasteiger partial charge in [0.25, 0.3) is 0 Å². The lowest BCUT2D eigenvalue weighted by molar-refractivity contribution is 0.0693. The summed E-state index contributed by atoms with van der Waals surface area (Å²) in [5, 5.41) is 29.9. The quantitative estimate of drug-likeness (QED) is 0.560. The van der Waals surface area contributed by atoms with Crippen molar-refractivity contribution in [1.82, 2.24) is 0 Å². The lowest BCUT2D eigenvalue weighted by Crippen LogP contribution is -2.03. The van der Waals surface area contributed by atoms with Crippen molar-refractivity contribution in [3.05, 3.63) is 70.3 Å². The van der Waals surface area contributed by atoms with E-state index in [0.717, 1.165) is 11.1 Å². The van der Waals surface area contributed by atoms with Crippen molar-refractivity contribution in [1.29, 1.82) is 0 Å². The number of phenols is 2. The van der Waals surface area contributed by atoms with E-state index in [9.17, 15) is 20.1 Å². The highest BCUT2D eigenvalue weighted by Gasteiger charge is 2.20. The normalized spacial score (nSPS) is 10.8. The number of hydrogen-bond donors (Lipinski definition) is 3. The summed E-state index contributed by atoms with van der Waals surface area (Å²) in [6.07, 6.45) is 5.39.